The molecule has 0 aliphatic heterocycles. The predicted molar refractivity (Wildman–Crippen MR) is 70.8 cm³/mol. The van der Waals surface area contributed by atoms with Gasteiger partial charge in [-0.3, -0.25) is 5.10 Å². The number of aromatic amines is 1. The Morgan fingerprint density at radius 1 is 1.17 bits per heavy atom. The summed E-state index contributed by atoms with van der Waals surface area (Å²) >= 11 is 4.84. The summed E-state index contributed by atoms with van der Waals surface area (Å²) in [6.45, 7) is 3.61. The summed E-state index contributed by atoms with van der Waals surface area (Å²) in [5, 5.41) is 6.25. The van der Waals surface area contributed by atoms with Crippen molar-refractivity contribution in [2.45, 2.75) is 23.8 Å². The highest BCUT2D eigenvalue weighted by molar-refractivity contribution is 7.91. The molecule has 2 aromatic rings. The van der Waals surface area contributed by atoms with Crippen molar-refractivity contribution in [1.29, 1.82) is 0 Å². The highest BCUT2D eigenvalue weighted by atomic mass is 32.2. The first-order chi connectivity index (χ1) is 8.41. The standard InChI is InChI=1S/C12H12N2O2S2/c1-8-3-4-9(2)10(7-8)18(15,16)12-6-5-11(17)13-14-12/h3-7H,1-2H3,(H,13,17). The number of nitrogens with one attached hydrogen (secondary N) is 1. The summed E-state index contributed by atoms with van der Waals surface area (Å²) in [4.78, 5) is 0.278. The minimum absolute atomic E-state index is 0.0233. The molecule has 0 saturated carbocycles. The summed E-state index contributed by atoms with van der Waals surface area (Å²) in [5.41, 5.74) is 1.59. The minimum Gasteiger partial charge on any atom is -0.266 e. The van der Waals surface area contributed by atoms with Crippen molar-refractivity contribution in [3.8, 4) is 0 Å². The number of hydrogen-bond donors (Lipinski definition) is 1. The van der Waals surface area contributed by atoms with Gasteiger partial charge in [0.15, 0.2) is 5.03 Å². The molecule has 1 N–H and O–H groups in total. The van der Waals surface area contributed by atoms with E-state index in [-0.39, 0.29) is 9.92 Å². The molecule has 94 valence electrons. The molecule has 0 saturated heterocycles. The van der Waals surface area contributed by atoms with Crippen LogP contribution in [0.25, 0.3) is 0 Å². The van der Waals surface area contributed by atoms with Crippen LogP contribution >= 0.6 is 12.2 Å². The molecule has 4 nitrogen and oxygen atoms in total. The second-order valence-electron chi connectivity index (χ2n) is 4.03. The molecule has 1 aromatic carbocycles. The summed E-state index contributed by atoms with van der Waals surface area (Å²) in [5.74, 6) is 0. The lowest BCUT2D eigenvalue weighted by atomic mass is 10.2. The summed E-state index contributed by atoms with van der Waals surface area (Å²) in [6.07, 6.45) is 0. The maximum Gasteiger partial charge on any atom is 0.225 e. The fourth-order valence-corrected chi connectivity index (χ4v) is 3.18. The number of benzene rings is 1. The van der Waals surface area contributed by atoms with E-state index in [1.165, 1.54) is 12.1 Å². The lowest BCUT2D eigenvalue weighted by molar-refractivity contribution is 0.589. The Balaban J connectivity index is 2.65. The third kappa shape index (κ3) is 2.34. The van der Waals surface area contributed by atoms with E-state index < -0.39 is 9.84 Å². The van der Waals surface area contributed by atoms with Crippen LogP contribution in [0.5, 0.6) is 0 Å². The zero-order valence-corrected chi connectivity index (χ0v) is 11.6. The third-order valence-corrected chi connectivity index (χ3v) is 4.59. The van der Waals surface area contributed by atoms with E-state index in [1.807, 2.05) is 13.0 Å². The highest BCUT2D eigenvalue weighted by Gasteiger charge is 2.21. The van der Waals surface area contributed by atoms with Gasteiger partial charge in [-0.15, -0.1) is 0 Å². The fourth-order valence-electron chi connectivity index (χ4n) is 1.59. The minimum atomic E-state index is -3.60. The fraction of sp³-hybridized carbons (Fsp3) is 0.167. The Bertz CT molecular complexity index is 728. The predicted octanol–water partition coefficient (Wildman–Crippen LogP) is 2.59. The molecule has 0 unspecified atom stereocenters. The molecule has 0 atom stereocenters. The monoisotopic (exact) mass is 280 g/mol. The van der Waals surface area contributed by atoms with Crippen LogP contribution in [0.2, 0.25) is 0 Å². The van der Waals surface area contributed by atoms with E-state index in [0.29, 0.717) is 10.2 Å². The van der Waals surface area contributed by atoms with Crippen molar-refractivity contribution in [1.82, 2.24) is 10.2 Å². The van der Waals surface area contributed by atoms with Gasteiger partial charge in [0.05, 0.1) is 4.90 Å². The van der Waals surface area contributed by atoms with Crippen LogP contribution in [0.4, 0.5) is 0 Å². The number of aromatic nitrogens is 2. The van der Waals surface area contributed by atoms with Gasteiger partial charge in [-0.1, -0.05) is 24.4 Å². The maximum absolute atomic E-state index is 12.4. The van der Waals surface area contributed by atoms with Gasteiger partial charge in [-0.05, 0) is 43.2 Å². The molecule has 0 amide bonds. The van der Waals surface area contributed by atoms with Crippen LogP contribution in [-0.2, 0) is 9.84 Å². The van der Waals surface area contributed by atoms with E-state index in [9.17, 15) is 8.42 Å². The van der Waals surface area contributed by atoms with Crippen LogP contribution in [-0.4, -0.2) is 18.6 Å². The van der Waals surface area contributed by atoms with Gasteiger partial charge in [-0.25, -0.2) is 8.42 Å². The van der Waals surface area contributed by atoms with Gasteiger partial charge >= 0.3 is 0 Å². The number of hydrogen-bond acceptors (Lipinski definition) is 4. The lowest BCUT2D eigenvalue weighted by Crippen LogP contribution is -2.07. The second kappa shape index (κ2) is 4.62. The molecular weight excluding hydrogens is 268 g/mol. The summed E-state index contributed by atoms with van der Waals surface area (Å²) in [6, 6.07) is 8.23. The highest BCUT2D eigenvalue weighted by Crippen LogP contribution is 2.22. The van der Waals surface area contributed by atoms with Crippen LogP contribution < -0.4 is 0 Å². The first kappa shape index (κ1) is 12.9. The first-order valence-electron chi connectivity index (χ1n) is 5.29. The van der Waals surface area contributed by atoms with E-state index in [1.54, 1.807) is 19.1 Å². The Kier molecular flexibility index (Phi) is 3.32. The van der Waals surface area contributed by atoms with Crippen LogP contribution in [0, 0.1) is 18.5 Å². The number of sulfone groups is 1. The zero-order chi connectivity index (χ0) is 13.3. The molecule has 18 heavy (non-hydrogen) atoms. The molecule has 1 heterocycles. The Hall–Kier alpha value is -1.53. The van der Waals surface area contributed by atoms with Crippen molar-refractivity contribution in [3.63, 3.8) is 0 Å². The van der Waals surface area contributed by atoms with Crippen molar-refractivity contribution in [3.05, 3.63) is 46.1 Å². The first-order valence-corrected chi connectivity index (χ1v) is 7.18. The van der Waals surface area contributed by atoms with Gasteiger partial charge in [0.25, 0.3) is 0 Å². The van der Waals surface area contributed by atoms with E-state index in [0.717, 1.165) is 5.56 Å². The van der Waals surface area contributed by atoms with E-state index in [4.69, 9.17) is 12.2 Å². The summed E-state index contributed by atoms with van der Waals surface area (Å²) < 4.78 is 25.2. The van der Waals surface area contributed by atoms with E-state index >= 15 is 0 Å². The van der Waals surface area contributed by atoms with Crippen LogP contribution in [0.1, 0.15) is 11.1 Å². The Morgan fingerprint density at radius 3 is 2.50 bits per heavy atom. The third-order valence-electron chi connectivity index (χ3n) is 2.56. The molecule has 0 aliphatic carbocycles. The van der Waals surface area contributed by atoms with Crippen molar-refractivity contribution in [2.24, 2.45) is 0 Å². The average Bonchev–Trinajstić information content (AvgIpc) is 2.32. The molecule has 0 fully saturated rings. The quantitative estimate of drug-likeness (QED) is 0.859. The smallest absolute Gasteiger partial charge is 0.225 e. The molecule has 0 radical (unpaired) electrons. The Labute approximate surface area is 111 Å². The number of H-pyrrole nitrogens is 1. The molecule has 6 heteroatoms. The topological polar surface area (TPSA) is 62.8 Å². The van der Waals surface area contributed by atoms with Gasteiger partial charge in [0.1, 0.15) is 4.64 Å². The average molecular weight is 280 g/mol. The number of rotatable bonds is 2. The Morgan fingerprint density at radius 2 is 1.89 bits per heavy atom. The van der Waals surface area contributed by atoms with Crippen molar-refractivity contribution in [2.75, 3.05) is 0 Å². The SMILES string of the molecule is Cc1ccc(C)c(S(=O)(=O)c2ccc(=S)[nH]n2)c1. The zero-order valence-electron chi connectivity index (χ0n) is 9.97. The second-order valence-corrected chi connectivity index (χ2v) is 6.34. The number of nitrogens with zero attached hydrogens (tertiary/aromatic N) is 1. The van der Waals surface area contributed by atoms with Crippen molar-refractivity contribution >= 4 is 22.1 Å². The molecule has 1 aromatic heterocycles. The molecule has 2 rings (SSSR count). The molecule has 0 spiro atoms. The summed E-state index contributed by atoms with van der Waals surface area (Å²) in [7, 11) is -3.60. The maximum atomic E-state index is 12.4. The van der Waals surface area contributed by atoms with Gasteiger partial charge < -0.3 is 0 Å². The van der Waals surface area contributed by atoms with Gasteiger partial charge in [0.2, 0.25) is 9.84 Å². The van der Waals surface area contributed by atoms with Gasteiger partial charge in [-0.2, -0.15) is 5.10 Å². The van der Waals surface area contributed by atoms with Crippen LogP contribution in [0.15, 0.2) is 40.3 Å². The largest absolute Gasteiger partial charge is 0.266 e. The van der Waals surface area contributed by atoms with Crippen LogP contribution in [0.3, 0.4) is 0 Å². The van der Waals surface area contributed by atoms with E-state index in [2.05, 4.69) is 10.2 Å². The number of aryl methyl sites for hydroxylation is 2. The molecule has 0 bridgehead atoms. The molecular formula is C12H12N2O2S2. The van der Waals surface area contributed by atoms with Crippen molar-refractivity contribution < 1.29 is 8.42 Å². The lowest BCUT2D eigenvalue weighted by Gasteiger charge is -2.07. The normalized spacial score (nSPS) is 11.4. The molecule has 0 aliphatic rings. The van der Waals surface area contributed by atoms with Gasteiger partial charge in [0, 0.05) is 0 Å².